The quantitative estimate of drug-likeness (QED) is 0.540. The molecule has 0 radical (unpaired) electrons. The molecule has 0 aliphatic carbocycles. The fraction of sp³-hybridized carbons (Fsp3) is 0.429. The number of nitrogens with one attached hydrogen (secondary N) is 1. The first-order chi connectivity index (χ1) is 9.22. The summed E-state index contributed by atoms with van der Waals surface area (Å²) < 4.78 is 12.0. The number of benzene rings is 1. The van der Waals surface area contributed by atoms with Crippen LogP contribution in [0.25, 0.3) is 0 Å². The van der Waals surface area contributed by atoms with Crippen LogP contribution >= 0.6 is 15.9 Å². The predicted molar refractivity (Wildman–Crippen MR) is 79.8 cm³/mol. The maximum atomic E-state index is 8.75. The van der Waals surface area contributed by atoms with Crippen molar-refractivity contribution in [2.75, 3.05) is 26.4 Å². The first-order valence-electron chi connectivity index (χ1n) is 6.23. The number of rotatable bonds is 9. The topological polar surface area (TPSA) is 50.7 Å². The van der Waals surface area contributed by atoms with Crippen LogP contribution in [0.3, 0.4) is 0 Å². The van der Waals surface area contributed by atoms with Crippen molar-refractivity contribution in [3.63, 3.8) is 0 Å². The minimum absolute atomic E-state index is 0.125. The second kappa shape index (κ2) is 8.96. The van der Waals surface area contributed by atoms with Gasteiger partial charge in [0.1, 0.15) is 6.61 Å². The highest BCUT2D eigenvalue weighted by Crippen LogP contribution is 2.36. The Balaban J connectivity index is 2.88. The van der Waals surface area contributed by atoms with Crippen molar-refractivity contribution in [1.82, 2.24) is 5.32 Å². The van der Waals surface area contributed by atoms with Crippen LogP contribution in [-0.4, -0.2) is 31.5 Å². The lowest BCUT2D eigenvalue weighted by atomic mass is 10.2. The van der Waals surface area contributed by atoms with Crippen molar-refractivity contribution in [2.45, 2.75) is 13.5 Å². The lowest BCUT2D eigenvalue weighted by Crippen LogP contribution is -2.17. The normalized spacial score (nSPS) is 10.3. The number of halogens is 1. The van der Waals surface area contributed by atoms with Gasteiger partial charge in [0.2, 0.25) is 0 Å². The molecule has 0 atom stereocenters. The van der Waals surface area contributed by atoms with E-state index in [4.69, 9.17) is 14.6 Å². The smallest absolute Gasteiger partial charge is 0.175 e. The number of aliphatic hydroxyl groups excluding tert-OH is 1. The van der Waals surface area contributed by atoms with Crippen LogP contribution in [0, 0.1) is 0 Å². The molecule has 106 valence electrons. The summed E-state index contributed by atoms with van der Waals surface area (Å²) in [6.07, 6.45) is 1.69. The van der Waals surface area contributed by atoms with Crippen LogP contribution in [0.2, 0.25) is 0 Å². The third kappa shape index (κ3) is 5.22. The second-order valence-corrected chi connectivity index (χ2v) is 4.69. The van der Waals surface area contributed by atoms with E-state index in [0.29, 0.717) is 37.8 Å². The minimum Gasteiger partial charge on any atom is -0.490 e. The first-order valence-corrected chi connectivity index (χ1v) is 7.02. The fourth-order valence-electron chi connectivity index (χ4n) is 1.58. The number of aliphatic hydroxyl groups is 1. The third-order valence-corrected chi connectivity index (χ3v) is 2.92. The van der Waals surface area contributed by atoms with Crippen LogP contribution in [0.4, 0.5) is 0 Å². The summed E-state index contributed by atoms with van der Waals surface area (Å²) in [5.74, 6) is 1.40. The molecule has 0 saturated heterocycles. The second-order valence-electron chi connectivity index (χ2n) is 3.84. The fourth-order valence-corrected chi connectivity index (χ4v) is 2.18. The van der Waals surface area contributed by atoms with E-state index in [9.17, 15) is 0 Å². The molecule has 19 heavy (non-hydrogen) atoms. The molecule has 0 amide bonds. The monoisotopic (exact) mass is 329 g/mol. The van der Waals surface area contributed by atoms with E-state index in [1.165, 1.54) is 0 Å². The highest BCUT2D eigenvalue weighted by Gasteiger charge is 2.11. The van der Waals surface area contributed by atoms with Gasteiger partial charge in [-0.15, -0.1) is 0 Å². The highest BCUT2D eigenvalue weighted by molar-refractivity contribution is 9.10. The Labute approximate surface area is 122 Å². The molecule has 4 nitrogen and oxygen atoms in total. The van der Waals surface area contributed by atoms with Crippen LogP contribution < -0.4 is 14.8 Å². The summed E-state index contributed by atoms with van der Waals surface area (Å²) in [6, 6.07) is 3.92. The summed E-state index contributed by atoms with van der Waals surface area (Å²) in [5, 5.41) is 11.9. The summed E-state index contributed by atoms with van der Waals surface area (Å²) in [7, 11) is 0. The molecule has 1 aromatic rings. The molecule has 0 bridgehead atoms. The van der Waals surface area contributed by atoms with Gasteiger partial charge in [0.05, 0.1) is 17.7 Å². The zero-order chi connectivity index (χ0) is 14.1. The molecule has 0 saturated carbocycles. The lowest BCUT2D eigenvalue weighted by molar-refractivity contribution is 0.290. The average molecular weight is 330 g/mol. The molecule has 1 aromatic carbocycles. The molecule has 0 spiro atoms. The summed E-state index contributed by atoms with van der Waals surface area (Å²) in [5.41, 5.74) is 1.06. The van der Waals surface area contributed by atoms with Gasteiger partial charge in [0.15, 0.2) is 11.5 Å². The summed E-state index contributed by atoms with van der Waals surface area (Å²) >= 11 is 3.49. The molecule has 0 heterocycles. The van der Waals surface area contributed by atoms with Gasteiger partial charge < -0.3 is 19.9 Å². The van der Waals surface area contributed by atoms with Crippen molar-refractivity contribution in [3.8, 4) is 11.5 Å². The zero-order valence-electron chi connectivity index (χ0n) is 11.1. The van der Waals surface area contributed by atoms with Gasteiger partial charge in [-0.05, 0) is 40.5 Å². The molecule has 0 aliphatic heterocycles. The van der Waals surface area contributed by atoms with Gasteiger partial charge in [-0.1, -0.05) is 12.7 Å². The van der Waals surface area contributed by atoms with Gasteiger partial charge in [0, 0.05) is 13.1 Å². The first kappa shape index (κ1) is 16.0. The third-order valence-electron chi connectivity index (χ3n) is 2.33. The van der Waals surface area contributed by atoms with Crippen LogP contribution in [-0.2, 0) is 6.54 Å². The van der Waals surface area contributed by atoms with Gasteiger partial charge in [-0.2, -0.15) is 0 Å². The molecule has 1 rings (SSSR count). The zero-order valence-corrected chi connectivity index (χ0v) is 12.7. The predicted octanol–water partition coefficient (Wildman–Crippen LogP) is 2.49. The molecular formula is C14H20BrNO3. The Morgan fingerprint density at radius 2 is 2.21 bits per heavy atom. The summed E-state index contributed by atoms with van der Waals surface area (Å²) in [4.78, 5) is 0. The van der Waals surface area contributed by atoms with E-state index in [2.05, 4.69) is 27.8 Å². The lowest BCUT2D eigenvalue weighted by Gasteiger charge is -2.15. The van der Waals surface area contributed by atoms with E-state index in [1.54, 1.807) is 6.08 Å². The molecule has 5 heteroatoms. The van der Waals surface area contributed by atoms with Crippen molar-refractivity contribution in [2.24, 2.45) is 0 Å². The van der Waals surface area contributed by atoms with Gasteiger partial charge in [0.25, 0.3) is 0 Å². The Bertz CT molecular complexity index is 410. The van der Waals surface area contributed by atoms with Gasteiger partial charge >= 0.3 is 0 Å². The maximum absolute atomic E-state index is 8.75. The highest BCUT2D eigenvalue weighted by atomic mass is 79.9. The Morgan fingerprint density at radius 1 is 1.42 bits per heavy atom. The van der Waals surface area contributed by atoms with E-state index in [-0.39, 0.29) is 6.61 Å². The van der Waals surface area contributed by atoms with Crippen molar-refractivity contribution >= 4 is 15.9 Å². The van der Waals surface area contributed by atoms with Gasteiger partial charge in [-0.3, -0.25) is 0 Å². The number of hydrogen-bond acceptors (Lipinski definition) is 4. The molecule has 0 unspecified atom stereocenters. The van der Waals surface area contributed by atoms with Crippen molar-refractivity contribution in [3.05, 3.63) is 34.8 Å². The largest absolute Gasteiger partial charge is 0.490 e. The standard InChI is InChI=1S/C14H20BrNO3/c1-3-7-19-14-12(15)8-11(10-16-5-6-17)9-13(14)18-4-2/h3,8-9,16-17H,1,4-7,10H2,2H3. The van der Waals surface area contributed by atoms with Gasteiger partial charge in [-0.25, -0.2) is 0 Å². The van der Waals surface area contributed by atoms with E-state index in [1.807, 2.05) is 19.1 Å². The molecular weight excluding hydrogens is 310 g/mol. The maximum Gasteiger partial charge on any atom is 0.175 e. The minimum atomic E-state index is 0.125. The van der Waals surface area contributed by atoms with E-state index < -0.39 is 0 Å². The van der Waals surface area contributed by atoms with Crippen LogP contribution in [0.5, 0.6) is 11.5 Å². The Kier molecular flexibility index (Phi) is 7.55. The molecule has 2 N–H and O–H groups in total. The molecule has 0 aliphatic rings. The Hall–Kier alpha value is -1.04. The van der Waals surface area contributed by atoms with Crippen LogP contribution in [0.15, 0.2) is 29.3 Å². The van der Waals surface area contributed by atoms with Crippen molar-refractivity contribution in [1.29, 1.82) is 0 Å². The van der Waals surface area contributed by atoms with E-state index in [0.717, 1.165) is 10.0 Å². The molecule has 0 fully saturated rings. The number of ether oxygens (including phenoxy) is 2. The molecule has 0 aromatic heterocycles. The number of hydrogen-bond donors (Lipinski definition) is 2. The van der Waals surface area contributed by atoms with Crippen molar-refractivity contribution < 1.29 is 14.6 Å². The Morgan fingerprint density at radius 3 is 2.84 bits per heavy atom. The summed E-state index contributed by atoms with van der Waals surface area (Å²) in [6.45, 7) is 7.93. The van der Waals surface area contributed by atoms with E-state index >= 15 is 0 Å². The van der Waals surface area contributed by atoms with Crippen LogP contribution in [0.1, 0.15) is 12.5 Å². The SMILES string of the molecule is C=CCOc1c(Br)cc(CNCCO)cc1OCC. The average Bonchev–Trinajstić information content (AvgIpc) is 2.38.